The molecule has 0 radical (unpaired) electrons. The second-order valence-corrected chi connectivity index (χ2v) is 5.64. The fraction of sp³-hybridized carbons (Fsp3) is 0.471. The van der Waals surface area contributed by atoms with Crippen molar-refractivity contribution in [3.63, 3.8) is 0 Å². The van der Waals surface area contributed by atoms with Crippen LogP contribution in [0.1, 0.15) is 44.9 Å². The van der Waals surface area contributed by atoms with Gasteiger partial charge in [0.2, 0.25) is 0 Å². The molecule has 0 spiro atoms. The average Bonchev–Trinajstić information content (AvgIpc) is 2.39. The summed E-state index contributed by atoms with van der Waals surface area (Å²) in [5, 5.41) is 3.02. The number of carbonyl (C=O) groups is 1. The lowest BCUT2D eigenvalue weighted by Crippen LogP contribution is -2.30. The summed E-state index contributed by atoms with van der Waals surface area (Å²) in [6, 6.07) is 7.47. The van der Waals surface area contributed by atoms with Crippen molar-refractivity contribution in [2.75, 3.05) is 13.2 Å². The van der Waals surface area contributed by atoms with Gasteiger partial charge in [-0.05, 0) is 23.5 Å². The number of rotatable bonds is 5. The van der Waals surface area contributed by atoms with Gasteiger partial charge in [-0.2, -0.15) is 0 Å². The highest BCUT2D eigenvalue weighted by molar-refractivity contribution is 5.77. The van der Waals surface area contributed by atoms with E-state index in [2.05, 4.69) is 32.0 Å². The first kappa shape index (κ1) is 16.3. The molecule has 0 heterocycles. The highest BCUT2D eigenvalue weighted by Crippen LogP contribution is 2.24. The molecule has 0 aliphatic heterocycles. The van der Waals surface area contributed by atoms with Crippen LogP contribution in [-0.4, -0.2) is 19.1 Å². The van der Waals surface area contributed by atoms with E-state index in [0.717, 1.165) is 5.56 Å². The molecule has 1 aromatic rings. The minimum atomic E-state index is -0.514. The molecule has 1 atom stereocenters. The molecule has 1 N–H and O–H groups in total. The number of benzene rings is 1. The smallest absolute Gasteiger partial charge is 0.327 e. The standard InChI is InChI=1S/C17H23NO2/c1-6-12-18-15(16(19)20-7-2)13-8-10-14(11-9-13)17(3,4)5/h1,8-11,15,18H,7,12H2,2-5H3. The van der Waals surface area contributed by atoms with Crippen LogP contribution in [-0.2, 0) is 14.9 Å². The molecule has 0 saturated heterocycles. The maximum absolute atomic E-state index is 12.0. The van der Waals surface area contributed by atoms with Crippen molar-refractivity contribution in [1.29, 1.82) is 0 Å². The lowest BCUT2D eigenvalue weighted by Gasteiger charge is -2.21. The zero-order valence-electron chi connectivity index (χ0n) is 12.7. The molecule has 1 unspecified atom stereocenters. The van der Waals surface area contributed by atoms with Crippen LogP contribution in [0.3, 0.4) is 0 Å². The van der Waals surface area contributed by atoms with Gasteiger partial charge in [0.05, 0.1) is 13.2 Å². The lowest BCUT2D eigenvalue weighted by atomic mass is 9.86. The predicted molar refractivity (Wildman–Crippen MR) is 81.4 cm³/mol. The molecule has 0 saturated carbocycles. The van der Waals surface area contributed by atoms with Gasteiger partial charge < -0.3 is 4.74 Å². The summed E-state index contributed by atoms with van der Waals surface area (Å²) < 4.78 is 5.08. The van der Waals surface area contributed by atoms with Gasteiger partial charge in [0.1, 0.15) is 6.04 Å². The Hall–Kier alpha value is -1.79. The molecule has 108 valence electrons. The summed E-state index contributed by atoms with van der Waals surface area (Å²) >= 11 is 0. The second kappa shape index (κ2) is 7.12. The number of nitrogens with one attached hydrogen (secondary N) is 1. The minimum Gasteiger partial charge on any atom is -0.465 e. The largest absolute Gasteiger partial charge is 0.465 e. The Bertz CT molecular complexity index is 477. The third-order valence-electron chi connectivity index (χ3n) is 3.04. The Kier molecular flexibility index (Phi) is 5.79. The van der Waals surface area contributed by atoms with Crippen molar-refractivity contribution >= 4 is 5.97 Å². The first-order valence-electron chi connectivity index (χ1n) is 6.84. The SMILES string of the molecule is C#CCNC(C(=O)OCC)c1ccc(C(C)(C)C)cc1. The van der Waals surface area contributed by atoms with E-state index in [-0.39, 0.29) is 11.4 Å². The van der Waals surface area contributed by atoms with E-state index in [9.17, 15) is 4.79 Å². The maximum atomic E-state index is 12.0. The fourth-order valence-electron chi connectivity index (χ4n) is 1.90. The highest BCUT2D eigenvalue weighted by atomic mass is 16.5. The van der Waals surface area contributed by atoms with Crippen LogP contribution >= 0.6 is 0 Å². The number of terminal acetylenes is 1. The van der Waals surface area contributed by atoms with Gasteiger partial charge >= 0.3 is 5.97 Å². The lowest BCUT2D eigenvalue weighted by molar-refractivity contribution is -0.145. The fourth-order valence-corrected chi connectivity index (χ4v) is 1.90. The molecule has 0 aromatic heterocycles. The Morgan fingerprint density at radius 3 is 2.40 bits per heavy atom. The molecule has 0 bridgehead atoms. The minimum absolute atomic E-state index is 0.0875. The summed E-state index contributed by atoms with van der Waals surface area (Å²) in [6.45, 7) is 8.93. The zero-order valence-corrected chi connectivity index (χ0v) is 12.7. The zero-order chi connectivity index (χ0) is 15.2. The Labute approximate surface area is 121 Å². The van der Waals surface area contributed by atoms with Crippen LogP contribution in [0.2, 0.25) is 0 Å². The monoisotopic (exact) mass is 273 g/mol. The van der Waals surface area contributed by atoms with Crippen molar-refractivity contribution in [3.8, 4) is 12.3 Å². The summed E-state index contributed by atoms with van der Waals surface area (Å²) in [7, 11) is 0. The van der Waals surface area contributed by atoms with E-state index in [0.29, 0.717) is 13.2 Å². The molecule has 3 nitrogen and oxygen atoms in total. The normalized spacial score (nSPS) is 12.6. The number of hydrogen-bond acceptors (Lipinski definition) is 3. The second-order valence-electron chi connectivity index (χ2n) is 5.64. The molecule has 0 fully saturated rings. The Balaban J connectivity index is 2.96. The van der Waals surface area contributed by atoms with Gasteiger partial charge in [-0.15, -0.1) is 6.42 Å². The maximum Gasteiger partial charge on any atom is 0.327 e. The summed E-state index contributed by atoms with van der Waals surface area (Å²) in [4.78, 5) is 12.0. The van der Waals surface area contributed by atoms with Gasteiger partial charge in [-0.1, -0.05) is 51.0 Å². The van der Waals surface area contributed by atoms with Crippen molar-refractivity contribution < 1.29 is 9.53 Å². The topological polar surface area (TPSA) is 38.3 Å². The molecule has 1 rings (SSSR count). The number of esters is 1. The van der Waals surface area contributed by atoms with Gasteiger partial charge in [-0.3, -0.25) is 5.32 Å². The number of ether oxygens (including phenoxy) is 1. The van der Waals surface area contributed by atoms with Gasteiger partial charge in [0, 0.05) is 0 Å². The molecule has 3 heteroatoms. The Morgan fingerprint density at radius 1 is 1.35 bits per heavy atom. The van der Waals surface area contributed by atoms with Crippen LogP contribution in [0.15, 0.2) is 24.3 Å². The third-order valence-corrected chi connectivity index (χ3v) is 3.04. The predicted octanol–water partition coefficient (Wildman–Crippen LogP) is 2.81. The van der Waals surface area contributed by atoms with Crippen molar-refractivity contribution in [2.24, 2.45) is 0 Å². The first-order valence-corrected chi connectivity index (χ1v) is 6.84. The van der Waals surface area contributed by atoms with Crippen LogP contribution in [0.4, 0.5) is 0 Å². The van der Waals surface area contributed by atoms with Crippen molar-refractivity contribution in [3.05, 3.63) is 35.4 Å². The van der Waals surface area contributed by atoms with E-state index in [4.69, 9.17) is 11.2 Å². The van der Waals surface area contributed by atoms with Crippen LogP contribution < -0.4 is 5.32 Å². The quantitative estimate of drug-likeness (QED) is 0.662. The molecule has 1 aromatic carbocycles. The molecule has 20 heavy (non-hydrogen) atoms. The Morgan fingerprint density at radius 2 is 1.95 bits per heavy atom. The van der Waals surface area contributed by atoms with E-state index >= 15 is 0 Å². The number of hydrogen-bond donors (Lipinski definition) is 1. The molecule has 0 aliphatic carbocycles. The van der Waals surface area contributed by atoms with Crippen molar-refractivity contribution in [1.82, 2.24) is 5.32 Å². The molecular formula is C17H23NO2. The molecule has 0 amide bonds. The third kappa shape index (κ3) is 4.40. The van der Waals surface area contributed by atoms with Crippen LogP contribution in [0.5, 0.6) is 0 Å². The number of carbonyl (C=O) groups excluding carboxylic acids is 1. The highest BCUT2D eigenvalue weighted by Gasteiger charge is 2.22. The van der Waals surface area contributed by atoms with Gasteiger partial charge in [-0.25, -0.2) is 4.79 Å². The van der Waals surface area contributed by atoms with Crippen molar-refractivity contribution in [2.45, 2.75) is 39.2 Å². The first-order chi connectivity index (χ1) is 9.40. The van der Waals surface area contributed by atoms with E-state index < -0.39 is 6.04 Å². The van der Waals surface area contributed by atoms with Crippen LogP contribution in [0, 0.1) is 12.3 Å². The summed E-state index contributed by atoms with van der Waals surface area (Å²) in [5.41, 5.74) is 2.18. The average molecular weight is 273 g/mol. The van der Waals surface area contributed by atoms with Gasteiger partial charge in [0.25, 0.3) is 0 Å². The molecule has 0 aliphatic rings. The van der Waals surface area contributed by atoms with E-state index in [1.807, 2.05) is 24.3 Å². The molecular weight excluding hydrogens is 250 g/mol. The summed E-state index contributed by atoms with van der Waals surface area (Å²) in [5.74, 6) is 2.18. The van der Waals surface area contributed by atoms with Crippen LogP contribution in [0.25, 0.3) is 0 Å². The van der Waals surface area contributed by atoms with Gasteiger partial charge in [0.15, 0.2) is 0 Å². The van der Waals surface area contributed by atoms with E-state index in [1.165, 1.54) is 5.56 Å². The van der Waals surface area contributed by atoms with E-state index in [1.54, 1.807) is 6.92 Å². The summed E-state index contributed by atoms with van der Waals surface area (Å²) in [6.07, 6.45) is 5.25.